The van der Waals surface area contributed by atoms with Crippen molar-refractivity contribution in [1.29, 1.82) is 0 Å². The van der Waals surface area contributed by atoms with Gasteiger partial charge in [-0.15, -0.1) is 0 Å². The summed E-state index contributed by atoms with van der Waals surface area (Å²) in [6.07, 6.45) is 2.32. The number of aromatic nitrogens is 2. The zero-order chi connectivity index (χ0) is 17.6. The number of amides is 2. The summed E-state index contributed by atoms with van der Waals surface area (Å²) in [5, 5.41) is 5.85. The lowest BCUT2D eigenvalue weighted by atomic mass is 10.0. The van der Waals surface area contributed by atoms with Crippen molar-refractivity contribution in [2.75, 3.05) is 26.0 Å². The Morgan fingerprint density at radius 1 is 1.32 bits per heavy atom. The molecule has 1 aliphatic rings. The molecule has 132 valence electrons. The minimum atomic E-state index is -0.261. The third-order valence-electron chi connectivity index (χ3n) is 4.36. The minimum Gasteiger partial charge on any atom is -0.378 e. The first-order valence-corrected chi connectivity index (χ1v) is 8.30. The number of carbonyl (C=O) groups is 1. The van der Waals surface area contributed by atoms with E-state index >= 15 is 0 Å². The summed E-state index contributed by atoms with van der Waals surface area (Å²) >= 11 is 0. The van der Waals surface area contributed by atoms with Gasteiger partial charge < -0.3 is 10.1 Å². The summed E-state index contributed by atoms with van der Waals surface area (Å²) in [6, 6.07) is 11.9. The van der Waals surface area contributed by atoms with E-state index in [2.05, 4.69) is 44.7 Å². The van der Waals surface area contributed by atoms with Gasteiger partial charge in [0.15, 0.2) is 0 Å². The highest BCUT2D eigenvalue weighted by Gasteiger charge is 2.33. The van der Waals surface area contributed by atoms with E-state index in [1.165, 1.54) is 11.9 Å². The standard InChI is InChI=1S/C18H23N5O2/c1-23-9-8-15(17(23)13-6-4-3-5-7-13)21-18(24)22-16-10-14(11-25-2)19-12-20-16/h3-7,10,12,15,17H,8-9,11H2,1-2H3,(H2,19,20,21,22,24)/t15-,17+/m0/s1. The number of likely N-dealkylation sites (tertiary alicyclic amines) is 1. The summed E-state index contributed by atoms with van der Waals surface area (Å²) in [6.45, 7) is 1.32. The number of urea groups is 1. The molecule has 0 aliphatic carbocycles. The number of hydrogen-bond acceptors (Lipinski definition) is 5. The van der Waals surface area contributed by atoms with Crippen LogP contribution >= 0.6 is 0 Å². The van der Waals surface area contributed by atoms with Crippen molar-refractivity contribution in [3.05, 3.63) is 54.0 Å². The average Bonchev–Trinajstić information content (AvgIpc) is 2.96. The molecule has 1 aliphatic heterocycles. The van der Waals surface area contributed by atoms with Crippen LogP contribution in [0.15, 0.2) is 42.7 Å². The normalized spacial score (nSPS) is 20.4. The first-order chi connectivity index (χ1) is 12.2. The number of nitrogens with zero attached hydrogens (tertiary/aromatic N) is 3. The van der Waals surface area contributed by atoms with Crippen molar-refractivity contribution in [2.24, 2.45) is 0 Å². The molecule has 1 fully saturated rings. The lowest BCUT2D eigenvalue weighted by Gasteiger charge is -2.26. The fourth-order valence-corrected chi connectivity index (χ4v) is 3.25. The molecule has 25 heavy (non-hydrogen) atoms. The number of rotatable bonds is 5. The van der Waals surface area contributed by atoms with Crippen molar-refractivity contribution < 1.29 is 9.53 Å². The maximum absolute atomic E-state index is 12.4. The molecular weight excluding hydrogens is 318 g/mol. The van der Waals surface area contributed by atoms with Crippen molar-refractivity contribution >= 4 is 11.8 Å². The Bertz CT molecular complexity index is 710. The van der Waals surface area contributed by atoms with Gasteiger partial charge in [-0.05, 0) is 19.0 Å². The third kappa shape index (κ3) is 4.32. The maximum atomic E-state index is 12.4. The van der Waals surface area contributed by atoms with Crippen LogP contribution in [-0.2, 0) is 11.3 Å². The zero-order valence-corrected chi connectivity index (χ0v) is 14.5. The van der Waals surface area contributed by atoms with Crippen molar-refractivity contribution in [3.63, 3.8) is 0 Å². The van der Waals surface area contributed by atoms with Crippen LogP contribution in [0.1, 0.15) is 23.7 Å². The summed E-state index contributed by atoms with van der Waals surface area (Å²) < 4.78 is 5.05. The number of carbonyl (C=O) groups excluding carboxylic acids is 1. The van der Waals surface area contributed by atoms with Crippen molar-refractivity contribution in [3.8, 4) is 0 Å². The fraction of sp³-hybridized carbons (Fsp3) is 0.389. The Morgan fingerprint density at radius 2 is 2.12 bits per heavy atom. The second-order valence-corrected chi connectivity index (χ2v) is 6.16. The summed E-state index contributed by atoms with van der Waals surface area (Å²) in [5.74, 6) is 0.460. The molecule has 1 aromatic heterocycles. The van der Waals surface area contributed by atoms with Crippen LogP contribution < -0.4 is 10.6 Å². The summed E-state index contributed by atoms with van der Waals surface area (Å²) in [4.78, 5) is 22.8. The Hall–Kier alpha value is -2.51. The lowest BCUT2D eigenvalue weighted by Crippen LogP contribution is -2.41. The average molecular weight is 341 g/mol. The monoisotopic (exact) mass is 341 g/mol. The molecule has 0 spiro atoms. The van der Waals surface area contributed by atoms with Gasteiger partial charge in [-0.25, -0.2) is 14.8 Å². The van der Waals surface area contributed by atoms with E-state index < -0.39 is 0 Å². The second-order valence-electron chi connectivity index (χ2n) is 6.16. The van der Waals surface area contributed by atoms with E-state index in [9.17, 15) is 4.79 Å². The van der Waals surface area contributed by atoms with Crippen LogP contribution in [0.2, 0.25) is 0 Å². The highest BCUT2D eigenvalue weighted by molar-refractivity contribution is 5.88. The highest BCUT2D eigenvalue weighted by atomic mass is 16.5. The molecule has 1 aromatic carbocycles. The number of methoxy groups -OCH3 is 1. The molecule has 7 nitrogen and oxygen atoms in total. The molecule has 7 heteroatoms. The SMILES string of the molecule is COCc1cc(NC(=O)N[C@H]2CCN(C)[C@@H]2c2ccccc2)ncn1. The van der Waals surface area contributed by atoms with Gasteiger partial charge in [-0.3, -0.25) is 10.2 Å². The lowest BCUT2D eigenvalue weighted by molar-refractivity contribution is 0.181. The molecule has 0 saturated carbocycles. The van der Waals surface area contributed by atoms with Gasteiger partial charge in [0.25, 0.3) is 0 Å². The van der Waals surface area contributed by atoms with Crippen molar-refractivity contribution in [1.82, 2.24) is 20.2 Å². The molecule has 2 N–H and O–H groups in total. The van der Waals surface area contributed by atoms with Crippen LogP contribution in [0.4, 0.5) is 10.6 Å². The van der Waals surface area contributed by atoms with E-state index in [-0.39, 0.29) is 18.1 Å². The third-order valence-corrected chi connectivity index (χ3v) is 4.36. The number of benzene rings is 1. The number of likely N-dealkylation sites (N-methyl/N-ethyl adjacent to an activating group) is 1. The van der Waals surface area contributed by atoms with Gasteiger partial charge in [0.2, 0.25) is 0 Å². The molecule has 2 atom stereocenters. The molecule has 1 saturated heterocycles. The molecule has 2 aromatic rings. The van der Waals surface area contributed by atoms with Crippen molar-refractivity contribution in [2.45, 2.75) is 25.1 Å². The van der Waals surface area contributed by atoms with Crippen LogP contribution in [0.3, 0.4) is 0 Å². The molecule has 0 bridgehead atoms. The molecule has 0 radical (unpaired) electrons. The quantitative estimate of drug-likeness (QED) is 0.871. The van der Waals surface area contributed by atoms with Crippen LogP contribution in [-0.4, -0.2) is 47.6 Å². The summed E-state index contributed by atoms with van der Waals surface area (Å²) in [5.41, 5.74) is 1.92. The largest absolute Gasteiger partial charge is 0.378 e. The van der Waals surface area contributed by atoms with E-state index in [1.54, 1.807) is 13.2 Å². The van der Waals surface area contributed by atoms with Crippen LogP contribution in [0, 0.1) is 0 Å². The molecule has 3 rings (SSSR count). The Kier molecular flexibility index (Phi) is 5.57. The van der Waals surface area contributed by atoms with Gasteiger partial charge >= 0.3 is 6.03 Å². The zero-order valence-electron chi connectivity index (χ0n) is 14.5. The number of anilines is 1. The molecular formula is C18H23N5O2. The van der Waals surface area contributed by atoms with Gasteiger partial charge in [0.05, 0.1) is 24.4 Å². The first-order valence-electron chi connectivity index (χ1n) is 8.30. The smallest absolute Gasteiger partial charge is 0.320 e. The minimum absolute atomic E-state index is 0.0488. The second kappa shape index (κ2) is 8.04. The van der Waals surface area contributed by atoms with Crippen LogP contribution in [0.25, 0.3) is 0 Å². The molecule has 2 amide bonds. The van der Waals surface area contributed by atoms with Gasteiger partial charge in [-0.1, -0.05) is 30.3 Å². The van der Waals surface area contributed by atoms with E-state index in [1.807, 2.05) is 18.2 Å². The number of ether oxygens (including phenoxy) is 1. The predicted molar refractivity (Wildman–Crippen MR) is 95.1 cm³/mol. The topological polar surface area (TPSA) is 79.4 Å². The highest BCUT2D eigenvalue weighted by Crippen LogP contribution is 2.30. The maximum Gasteiger partial charge on any atom is 0.320 e. The fourth-order valence-electron chi connectivity index (χ4n) is 3.25. The Labute approximate surface area is 147 Å². The molecule has 2 heterocycles. The number of nitrogens with one attached hydrogen (secondary N) is 2. The van der Waals surface area contributed by atoms with E-state index in [4.69, 9.17) is 4.74 Å². The van der Waals surface area contributed by atoms with E-state index in [0.717, 1.165) is 18.7 Å². The molecule has 0 unspecified atom stereocenters. The predicted octanol–water partition coefficient (Wildman–Crippen LogP) is 2.19. The van der Waals surface area contributed by atoms with E-state index in [0.29, 0.717) is 12.4 Å². The van der Waals surface area contributed by atoms with Gasteiger partial charge in [0.1, 0.15) is 12.1 Å². The summed E-state index contributed by atoms with van der Waals surface area (Å²) in [7, 11) is 3.68. The Balaban J connectivity index is 1.65. The first kappa shape index (κ1) is 17.3. The Morgan fingerprint density at radius 3 is 2.88 bits per heavy atom. The van der Waals surface area contributed by atoms with Gasteiger partial charge in [0, 0.05) is 19.7 Å². The van der Waals surface area contributed by atoms with Gasteiger partial charge in [-0.2, -0.15) is 0 Å². The van der Waals surface area contributed by atoms with Crippen LogP contribution in [0.5, 0.6) is 0 Å². The number of hydrogen-bond donors (Lipinski definition) is 2.